The van der Waals surface area contributed by atoms with Gasteiger partial charge in [0, 0.05) is 11.7 Å². The fourth-order valence-electron chi connectivity index (χ4n) is 0.862. The van der Waals surface area contributed by atoms with Gasteiger partial charge in [-0.05, 0) is 26.8 Å². The van der Waals surface area contributed by atoms with Crippen LogP contribution >= 0.6 is 23.2 Å². The van der Waals surface area contributed by atoms with E-state index in [4.69, 9.17) is 23.2 Å². The molecule has 0 fully saturated rings. The van der Waals surface area contributed by atoms with E-state index in [0.717, 1.165) is 0 Å². The number of pyridine rings is 1. The maximum Gasteiger partial charge on any atom is 0.145 e. The molecular formula is C9H12Cl2N2. The molecule has 0 aliphatic rings. The second-order valence-corrected chi connectivity index (χ2v) is 4.70. The maximum absolute atomic E-state index is 5.93. The Morgan fingerprint density at radius 1 is 1.31 bits per heavy atom. The quantitative estimate of drug-likeness (QED) is 0.780. The fraction of sp³-hybridized carbons (Fsp3) is 0.444. The van der Waals surface area contributed by atoms with Crippen LogP contribution in [-0.2, 0) is 0 Å². The number of anilines is 1. The Morgan fingerprint density at radius 2 is 1.92 bits per heavy atom. The first kappa shape index (κ1) is 10.6. The lowest BCUT2D eigenvalue weighted by Gasteiger charge is -2.21. The zero-order valence-electron chi connectivity index (χ0n) is 7.86. The van der Waals surface area contributed by atoms with Crippen LogP contribution in [-0.4, -0.2) is 10.5 Å². The predicted molar refractivity (Wildman–Crippen MR) is 57.6 cm³/mol. The van der Waals surface area contributed by atoms with Crippen LogP contribution in [0.4, 0.5) is 5.82 Å². The highest BCUT2D eigenvalue weighted by Crippen LogP contribution is 2.24. The minimum atomic E-state index is -0.0511. The van der Waals surface area contributed by atoms with Gasteiger partial charge in [0.15, 0.2) is 0 Å². The molecule has 0 bridgehead atoms. The minimum Gasteiger partial charge on any atom is -0.364 e. The molecule has 4 heteroatoms. The SMILES string of the molecule is CC(C)(C)Nc1ncc(Cl)cc1Cl. The van der Waals surface area contributed by atoms with Gasteiger partial charge < -0.3 is 5.32 Å². The summed E-state index contributed by atoms with van der Waals surface area (Å²) in [6.07, 6.45) is 1.57. The average molecular weight is 219 g/mol. The van der Waals surface area contributed by atoms with Crippen molar-refractivity contribution in [3.8, 4) is 0 Å². The summed E-state index contributed by atoms with van der Waals surface area (Å²) in [6, 6.07) is 1.67. The van der Waals surface area contributed by atoms with E-state index < -0.39 is 0 Å². The van der Waals surface area contributed by atoms with Gasteiger partial charge >= 0.3 is 0 Å². The van der Waals surface area contributed by atoms with Crippen LogP contribution in [0, 0.1) is 0 Å². The lowest BCUT2D eigenvalue weighted by atomic mass is 10.1. The molecule has 1 N–H and O–H groups in total. The monoisotopic (exact) mass is 218 g/mol. The number of aromatic nitrogens is 1. The molecule has 0 amide bonds. The molecular weight excluding hydrogens is 207 g/mol. The van der Waals surface area contributed by atoms with E-state index in [9.17, 15) is 0 Å². The van der Waals surface area contributed by atoms with Gasteiger partial charge in [-0.15, -0.1) is 0 Å². The Labute approximate surface area is 88.3 Å². The molecule has 0 aromatic carbocycles. The first-order valence-corrected chi connectivity index (χ1v) is 4.73. The largest absolute Gasteiger partial charge is 0.364 e. The van der Waals surface area contributed by atoms with Crippen molar-refractivity contribution in [1.29, 1.82) is 0 Å². The highest BCUT2D eigenvalue weighted by molar-refractivity contribution is 6.35. The van der Waals surface area contributed by atoms with E-state index in [0.29, 0.717) is 15.9 Å². The van der Waals surface area contributed by atoms with Gasteiger partial charge in [0.2, 0.25) is 0 Å². The van der Waals surface area contributed by atoms with E-state index >= 15 is 0 Å². The standard InChI is InChI=1S/C9H12Cl2N2/c1-9(2,3)13-8-7(11)4-6(10)5-12-8/h4-5H,1-3H3,(H,12,13). The molecule has 0 aliphatic carbocycles. The third-order valence-corrected chi connectivity index (χ3v) is 1.80. The van der Waals surface area contributed by atoms with Gasteiger partial charge in [-0.25, -0.2) is 4.98 Å². The van der Waals surface area contributed by atoms with E-state index in [1.807, 2.05) is 20.8 Å². The van der Waals surface area contributed by atoms with Gasteiger partial charge in [0.25, 0.3) is 0 Å². The molecule has 1 rings (SSSR count). The molecule has 0 saturated carbocycles. The van der Waals surface area contributed by atoms with Gasteiger partial charge in [-0.3, -0.25) is 0 Å². The first-order valence-electron chi connectivity index (χ1n) is 3.98. The number of hydrogen-bond acceptors (Lipinski definition) is 2. The van der Waals surface area contributed by atoms with Gasteiger partial charge in [-0.1, -0.05) is 23.2 Å². The number of hydrogen-bond donors (Lipinski definition) is 1. The van der Waals surface area contributed by atoms with Crippen molar-refractivity contribution in [1.82, 2.24) is 4.98 Å². The highest BCUT2D eigenvalue weighted by Gasteiger charge is 2.12. The summed E-state index contributed by atoms with van der Waals surface area (Å²) in [4.78, 5) is 4.09. The summed E-state index contributed by atoms with van der Waals surface area (Å²) in [5, 5.41) is 4.26. The highest BCUT2D eigenvalue weighted by atomic mass is 35.5. The molecule has 0 unspecified atom stereocenters. The molecule has 0 aliphatic heterocycles. The molecule has 1 aromatic heterocycles. The van der Waals surface area contributed by atoms with Crippen LogP contribution < -0.4 is 5.32 Å². The van der Waals surface area contributed by atoms with E-state index in [1.54, 1.807) is 12.3 Å². The molecule has 72 valence electrons. The predicted octanol–water partition coefficient (Wildman–Crippen LogP) is 3.60. The topological polar surface area (TPSA) is 24.9 Å². The smallest absolute Gasteiger partial charge is 0.145 e. The van der Waals surface area contributed by atoms with Crippen LogP contribution in [0.15, 0.2) is 12.3 Å². The Morgan fingerprint density at radius 3 is 2.38 bits per heavy atom. The van der Waals surface area contributed by atoms with Crippen molar-refractivity contribution in [2.45, 2.75) is 26.3 Å². The normalized spacial score (nSPS) is 11.5. The molecule has 13 heavy (non-hydrogen) atoms. The van der Waals surface area contributed by atoms with Crippen LogP contribution in [0.1, 0.15) is 20.8 Å². The molecule has 1 aromatic rings. The van der Waals surface area contributed by atoms with Crippen LogP contribution in [0.25, 0.3) is 0 Å². The van der Waals surface area contributed by atoms with Crippen molar-refractivity contribution in [2.75, 3.05) is 5.32 Å². The third kappa shape index (κ3) is 3.41. The zero-order chi connectivity index (χ0) is 10.1. The Kier molecular flexibility index (Phi) is 3.04. The molecule has 1 heterocycles. The molecule has 2 nitrogen and oxygen atoms in total. The summed E-state index contributed by atoms with van der Waals surface area (Å²) in [5.74, 6) is 0.665. The third-order valence-electron chi connectivity index (χ3n) is 1.30. The van der Waals surface area contributed by atoms with Gasteiger partial charge in [0.05, 0.1) is 10.0 Å². The van der Waals surface area contributed by atoms with E-state index in [2.05, 4.69) is 10.3 Å². The summed E-state index contributed by atoms with van der Waals surface area (Å²) in [7, 11) is 0. The lowest BCUT2D eigenvalue weighted by molar-refractivity contribution is 0.630. The summed E-state index contributed by atoms with van der Waals surface area (Å²) in [5.41, 5.74) is -0.0511. The van der Waals surface area contributed by atoms with Crippen molar-refractivity contribution >= 4 is 29.0 Å². The minimum absolute atomic E-state index is 0.0511. The van der Waals surface area contributed by atoms with Crippen molar-refractivity contribution in [3.63, 3.8) is 0 Å². The van der Waals surface area contributed by atoms with E-state index in [-0.39, 0.29) is 5.54 Å². The molecule has 0 radical (unpaired) electrons. The van der Waals surface area contributed by atoms with Crippen molar-refractivity contribution in [2.24, 2.45) is 0 Å². The molecule has 0 atom stereocenters. The summed E-state index contributed by atoms with van der Waals surface area (Å²) < 4.78 is 0. The molecule has 0 saturated heterocycles. The summed E-state index contributed by atoms with van der Waals surface area (Å²) >= 11 is 11.6. The second kappa shape index (κ2) is 3.72. The van der Waals surface area contributed by atoms with Crippen LogP contribution in [0.3, 0.4) is 0 Å². The Bertz CT molecular complexity index is 305. The molecule has 0 spiro atoms. The zero-order valence-corrected chi connectivity index (χ0v) is 9.37. The number of rotatable bonds is 1. The number of halogens is 2. The van der Waals surface area contributed by atoms with E-state index in [1.165, 1.54) is 0 Å². The average Bonchev–Trinajstić information content (AvgIpc) is 1.93. The Balaban J connectivity index is 2.90. The van der Waals surface area contributed by atoms with Gasteiger partial charge in [0.1, 0.15) is 5.82 Å². The summed E-state index contributed by atoms with van der Waals surface area (Å²) in [6.45, 7) is 6.12. The van der Waals surface area contributed by atoms with Crippen LogP contribution in [0.5, 0.6) is 0 Å². The number of nitrogens with one attached hydrogen (secondary N) is 1. The first-order chi connectivity index (χ1) is 5.88. The number of nitrogens with zero attached hydrogens (tertiary/aromatic N) is 1. The second-order valence-electron chi connectivity index (χ2n) is 3.86. The fourth-order valence-corrected chi connectivity index (χ4v) is 1.29. The van der Waals surface area contributed by atoms with Gasteiger partial charge in [-0.2, -0.15) is 0 Å². The lowest BCUT2D eigenvalue weighted by Crippen LogP contribution is -2.26. The van der Waals surface area contributed by atoms with Crippen LogP contribution in [0.2, 0.25) is 10.0 Å². The Hall–Kier alpha value is -0.470. The van der Waals surface area contributed by atoms with Crippen molar-refractivity contribution in [3.05, 3.63) is 22.3 Å². The maximum atomic E-state index is 5.93. The van der Waals surface area contributed by atoms with Crippen molar-refractivity contribution < 1.29 is 0 Å².